The second-order valence-corrected chi connectivity index (χ2v) is 4.50. The lowest BCUT2D eigenvalue weighted by molar-refractivity contribution is 0.103. The molecule has 0 radical (unpaired) electrons. The number of methoxy groups -OCH3 is 2. The SMILES string of the molecule is COc1cnc(C(=O)C=C2CCCCC2)c(OC)n1. The van der Waals surface area contributed by atoms with Crippen LogP contribution in [0.3, 0.4) is 0 Å². The Labute approximate surface area is 112 Å². The summed E-state index contributed by atoms with van der Waals surface area (Å²) in [6.45, 7) is 0. The van der Waals surface area contributed by atoms with Gasteiger partial charge in [-0.3, -0.25) is 4.79 Å². The summed E-state index contributed by atoms with van der Waals surface area (Å²) in [6, 6.07) is 0. The lowest BCUT2D eigenvalue weighted by atomic mass is 9.94. The third-order valence-electron chi connectivity index (χ3n) is 3.19. The number of rotatable bonds is 4. The molecule has 0 spiro atoms. The molecule has 0 N–H and O–H groups in total. The normalized spacial score (nSPS) is 14.9. The number of carbonyl (C=O) groups is 1. The number of hydrogen-bond acceptors (Lipinski definition) is 5. The van der Waals surface area contributed by atoms with Crippen molar-refractivity contribution in [3.8, 4) is 11.8 Å². The first-order valence-corrected chi connectivity index (χ1v) is 6.43. The Bertz CT molecular complexity index is 489. The van der Waals surface area contributed by atoms with Gasteiger partial charge in [0.15, 0.2) is 5.69 Å². The first-order chi connectivity index (χ1) is 9.24. The largest absolute Gasteiger partial charge is 0.480 e. The molecule has 5 heteroatoms. The average molecular weight is 262 g/mol. The van der Waals surface area contributed by atoms with Crippen molar-refractivity contribution in [1.29, 1.82) is 0 Å². The zero-order valence-corrected chi connectivity index (χ0v) is 11.3. The Kier molecular flexibility index (Phi) is 4.49. The van der Waals surface area contributed by atoms with Crippen molar-refractivity contribution in [2.75, 3.05) is 14.2 Å². The minimum absolute atomic E-state index is 0.149. The van der Waals surface area contributed by atoms with Gasteiger partial charge in [0, 0.05) is 0 Å². The number of allylic oxidation sites excluding steroid dienone is 2. The van der Waals surface area contributed by atoms with E-state index in [9.17, 15) is 4.79 Å². The van der Waals surface area contributed by atoms with Gasteiger partial charge in [-0.2, -0.15) is 4.98 Å². The number of carbonyl (C=O) groups excluding carboxylic acids is 1. The third kappa shape index (κ3) is 3.30. The predicted octanol–water partition coefficient (Wildman–Crippen LogP) is 2.57. The van der Waals surface area contributed by atoms with Crippen molar-refractivity contribution in [1.82, 2.24) is 9.97 Å². The maximum atomic E-state index is 12.2. The zero-order chi connectivity index (χ0) is 13.7. The van der Waals surface area contributed by atoms with E-state index in [0.717, 1.165) is 25.7 Å². The summed E-state index contributed by atoms with van der Waals surface area (Å²) in [7, 11) is 2.96. The van der Waals surface area contributed by atoms with E-state index in [-0.39, 0.29) is 17.4 Å². The molecule has 0 amide bonds. The molecule has 0 bridgehead atoms. The minimum atomic E-state index is -0.149. The van der Waals surface area contributed by atoms with Crippen LogP contribution in [0.2, 0.25) is 0 Å². The molecule has 1 aliphatic rings. The summed E-state index contributed by atoms with van der Waals surface area (Å²) in [5.41, 5.74) is 1.43. The molecule has 0 aliphatic heterocycles. The molecule has 0 saturated heterocycles. The molecule has 2 rings (SSSR count). The van der Waals surface area contributed by atoms with Crippen LogP contribution in [0.5, 0.6) is 11.8 Å². The van der Waals surface area contributed by atoms with E-state index in [4.69, 9.17) is 9.47 Å². The van der Waals surface area contributed by atoms with Crippen LogP contribution >= 0.6 is 0 Å². The maximum absolute atomic E-state index is 12.2. The van der Waals surface area contributed by atoms with Crippen LogP contribution in [0.15, 0.2) is 17.8 Å². The molecule has 5 nitrogen and oxygen atoms in total. The Morgan fingerprint density at radius 2 is 1.95 bits per heavy atom. The van der Waals surface area contributed by atoms with Gasteiger partial charge in [-0.1, -0.05) is 12.0 Å². The fraction of sp³-hybridized carbons (Fsp3) is 0.500. The van der Waals surface area contributed by atoms with Gasteiger partial charge in [0.1, 0.15) is 0 Å². The summed E-state index contributed by atoms with van der Waals surface area (Å²) in [5.74, 6) is 0.389. The molecule has 1 heterocycles. The maximum Gasteiger partial charge on any atom is 0.247 e. The molecule has 19 heavy (non-hydrogen) atoms. The second kappa shape index (κ2) is 6.31. The first kappa shape index (κ1) is 13.5. The number of aromatic nitrogens is 2. The fourth-order valence-corrected chi connectivity index (χ4v) is 2.17. The standard InChI is InChI=1S/C14H18N2O3/c1-18-12-9-15-13(14(16-12)19-2)11(17)8-10-6-4-3-5-7-10/h8-9H,3-7H2,1-2H3. The van der Waals surface area contributed by atoms with E-state index < -0.39 is 0 Å². The molecule has 0 aromatic carbocycles. The summed E-state index contributed by atoms with van der Waals surface area (Å²) in [6.07, 6.45) is 8.66. The Balaban J connectivity index is 2.22. The van der Waals surface area contributed by atoms with Crippen LogP contribution in [-0.2, 0) is 0 Å². The van der Waals surface area contributed by atoms with Crippen LogP contribution in [0, 0.1) is 0 Å². The van der Waals surface area contributed by atoms with Crippen LogP contribution in [0.1, 0.15) is 42.6 Å². The van der Waals surface area contributed by atoms with Crippen molar-refractivity contribution in [3.05, 3.63) is 23.5 Å². The summed E-state index contributed by atoms with van der Waals surface area (Å²) >= 11 is 0. The number of hydrogen-bond donors (Lipinski definition) is 0. The Hall–Kier alpha value is -1.91. The second-order valence-electron chi connectivity index (χ2n) is 4.50. The van der Waals surface area contributed by atoms with E-state index in [1.54, 1.807) is 6.08 Å². The van der Waals surface area contributed by atoms with Crippen molar-refractivity contribution in [3.63, 3.8) is 0 Å². The van der Waals surface area contributed by atoms with Crippen LogP contribution in [-0.4, -0.2) is 30.0 Å². The highest BCUT2D eigenvalue weighted by Gasteiger charge is 2.16. The highest BCUT2D eigenvalue weighted by molar-refractivity contribution is 6.05. The first-order valence-electron chi connectivity index (χ1n) is 6.43. The van der Waals surface area contributed by atoms with Crippen LogP contribution in [0.25, 0.3) is 0 Å². The summed E-state index contributed by atoms with van der Waals surface area (Å²) in [4.78, 5) is 20.3. The van der Waals surface area contributed by atoms with Crippen LogP contribution < -0.4 is 9.47 Å². The van der Waals surface area contributed by atoms with E-state index in [2.05, 4.69) is 9.97 Å². The molecule has 1 aromatic heterocycles. The molecule has 1 aromatic rings. The van der Waals surface area contributed by atoms with E-state index in [1.165, 1.54) is 32.4 Å². The van der Waals surface area contributed by atoms with Gasteiger partial charge in [-0.05, 0) is 31.8 Å². The molecule has 0 unspecified atom stereocenters. The Morgan fingerprint density at radius 1 is 1.21 bits per heavy atom. The smallest absolute Gasteiger partial charge is 0.247 e. The molecule has 0 atom stereocenters. The lowest BCUT2D eigenvalue weighted by Gasteiger charge is -2.13. The third-order valence-corrected chi connectivity index (χ3v) is 3.19. The Morgan fingerprint density at radius 3 is 2.58 bits per heavy atom. The molecule has 1 fully saturated rings. The summed E-state index contributed by atoms with van der Waals surface area (Å²) in [5, 5.41) is 0. The van der Waals surface area contributed by atoms with Gasteiger partial charge >= 0.3 is 0 Å². The monoisotopic (exact) mass is 262 g/mol. The molecular formula is C14H18N2O3. The number of ketones is 1. The van der Waals surface area contributed by atoms with Gasteiger partial charge in [-0.15, -0.1) is 0 Å². The van der Waals surface area contributed by atoms with Crippen molar-refractivity contribution in [2.24, 2.45) is 0 Å². The topological polar surface area (TPSA) is 61.3 Å². The molecular weight excluding hydrogens is 244 g/mol. The van der Waals surface area contributed by atoms with Gasteiger partial charge in [0.2, 0.25) is 17.5 Å². The van der Waals surface area contributed by atoms with Crippen molar-refractivity contribution >= 4 is 5.78 Å². The van der Waals surface area contributed by atoms with Gasteiger partial charge < -0.3 is 9.47 Å². The minimum Gasteiger partial charge on any atom is -0.480 e. The number of nitrogens with zero attached hydrogens (tertiary/aromatic N) is 2. The van der Waals surface area contributed by atoms with E-state index in [0.29, 0.717) is 5.88 Å². The van der Waals surface area contributed by atoms with E-state index >= 15 is 0 Å². The lowest BCUT2D eigenvalue weighted by Crippen LogP contribution is -2.07. The molecule has 1 saturated carbocycles. The predicted molar refractivity (Wildman–Crippen MR) is 70.6 cm³/mol. The van der Waals surface area contributed by atoms with Gasteiger partial charge in [0.25, 0.3) is 0 Å². The van der Waals surface area contributed by atoms with Gasteiger partial charge in [-0.25, -0.2) is 4.98 Å². The average Bonchev–Trinajstić information content (AvgIpc) is 2.47. The molecule has 102 valence electrons. The summed E-state index contributed by atoms with van der Waals surface area (Å²) < 4.78 is 10.1. The van der Waals surface area contributed by atoms with Crippen LogP contribution in [0.4, 0.5) is 0 Å². The zero-order valence-electron chi connectivity index (χ0n) is 11.3. The van der Waals surface area contributed by atoms with Crippen molar-refractivity contribution in [2.45, 2.75) is 32.1 Å². The quantitative estimate of drug-likeness (QED) is 0.616. The highest BCUT2D eigenvalue weighted by Crippen LogP contribution is 2.24. The van der Waals surface area contributed by atoms with E-state index in [1.807, 2.05) is 0 Å². The number of ether oxygens (including phenoxy) is 2. The molecule has 1 aliphatic carbocycles. The van der Waals surface area contributed by atoms with Crippen molar-refractivity contribution < 1.29 is 14.3 Å². The highest BCUT2D eigenvalue weighted by atomic mass is 16.5. The fourth-order valence-electron chi connectivity index (χ4n) is 2.17. The van der Waals surface area contributed by atoms with Gasteiger partial charge in [0.05, 0.1) is 20.4 Å².